The third-order valence-corrected chi connectivity index (χ3v) is 6.53. The number of H-pyrrole nitrogens is 2. The minimum atomic E-state index is -0.923. The van der Waals surface area contributed by atoms with Crippen molar-refractivity contribution >= 4 is 10.9 Å². The number of aromatic nitrogens is 3. The number of hydrogen-bond donors (Lipinski definition) is 2. The summed E-state index contributed by atoms with van der Waals surface area (Å²) < 4.78 is 58.2. The summed E-state index contributed by atoms with van der Waals surface area (Å²) in [7, 11) is 0. The van der Waals surface area contributed by atoms with Crippen molar-refractivity contribution in [1.29, 1.82) is 0 Å². The second kappa shape index (κ2) is 9.64. The summed E-state index contributed by atoms with van der Waals surface area (Å²) in [6.45, 7) is 3.79. The van der Waals surface area contributed by atoms with Gasteiger partial charge in [-0.15, -0.1) is 0 Å². The van der Waals surface area contributed by atoms with E-state index in [0.717, 1.165) is 24.0 Å². The van der Waals surface area contributed by atoms with E-state index in [1.54, 1.807) is 37.5 Å². The number of nitrogens with one attached hydrogen (secondary N) is 2. The predicted molar refractivity (Wildman–Crippen MR) is 133 cm³/mol. The number of benzene rings is 3. The van der Waals surface area contributed by atoms with Crippen LogP contribution in [0.2, 0.25) is 0 Å². The van der Waals surface area contributed by atoms with Crippen molar-refractivity contribution in [2.24, 2.45) is 0 Å². The Morgan fingerprint density at radius 2 is 1.67 bits per heavy atom. The molecule has 0 aliphatic carbocycles. The minimum absolute atomic E-state index is 0.0973. The van der Waals surface area contributed by atoms with Gasteiger partial charge < -0.3 is 9.97 Å². The highest BCUT2D eigenvalue weighted by Crippen LogP contribution is 2.30. The van der Waals surface area contributed by atoms with E-state index in [9.17, 15) is 17.6 Å². The number of fused-ring (bicyclic) bond motifs is 1. The normalized spacial score (nSPS) is 11.5. The Labute approximate surface area is 206 Å². The molecule has 184 valence electrons. The zero-order valence-electron chi connectivity index (χ0n) is 20.0. The Bertz CT molecular complexity index is 1560. The molecule has 0 saturated carbocycles. The lowest BCUT2D eigenvalue weighted by atomic mass is 9.96. The van der Waals surface area contributed by atoms with Crippen molar-refractivity contribution in [3.8, 4) is 11.4 Å². The quantitative estimate of drug-likeness (QED) is 0.227. The molecule has 0 radical (unpaired) electrons. The van der Waals surface area contributed by atoms with E-state index in [-0.39, 0.29) is 28.9 Å². The van der Waals surface area contributed by atoms with Gasteiger partial charge in [-0.05, 0) is 71.5 Å². The zero-order valence-corrected chi connectivity index (χ0v) is 20.0. The molecule has 0 atom stereocenters. The van der Waals surface area contributed by atoms with Crippen LogP contribution in [0.25, 0.3) is 22.3 Å². The van der Waals surface area contributed by atoms with E-state index in [1.165, 1.54) is 18.2 Å². The fraction of sp³-hybridized carbons (Fsp3) is 0.207. The maximum absolute atomic E-state index is 14.9. The molecule has 2 N–H and O–H groups in total. The summed E-state index contributed by atoms with van der Waals surface area (Å²) >= 11 is 0. The van der Waals surface area contributed by atoms with Gasteiger partial charge in [-0.2, -0.15) is 0 Å². The smallest absolute Gasteiger partial charge is 0.183 e. The molecule has 0 spiro atoms. The van der Waals surface area contributed by atoms with Crippen LogP contribution >= 0.6 is 0 Å². The molecule has 3 aromatic carbocycles. The van der Waals surface area contributed by atoms with E-state index >= 15 is 0 Å². The van der Waals surface area contributed by atoms with E-state index in [4.69, 9.17) is 0 Å². The summed E-state index contributed by atoms with van der Waals surface area (Å²) in [4.78, 5) is 10.2. The maximum Gasteiger partial charge on any atom is 0.183 e. The Morgan fingerprint density at radius 3 is 2.47 bits per heavy atom. The highest BCUT2D eigenvalue weighted by Gasteiger charge is 2.19. The third-order valence-electron chi connectivity index (χ3n) is 6.53. The number of hydrogen-bond acceptors (Lipinski definition) is 1. The summed E-state index contributed by atoms with van der Waals surface area (Å²) in [5.74, 6) is -2.29. The first-order chi connectivity index (χ1) is 17.3. The minimum Gasteiger partial charge on any atom is -0.359 e. The van der Waals surface area contributed by atoms with Crippen molar-refractivity contribution in [2.75, 3.05) is 0 Å². The average Bonchev–Trinajstić information content (AvgIpc) is 3.51. The van der Waals surface area contributed by atoms with Crippen LogP contribution in [0.3, 0.4) is 0 Å². The first-order valence-electron chi connectivity index (χ1n) is 11.9. The summed E-state index contributed by atoms with van der Waals surface area (Å²) in [6, 6.07) is 11.1. The Hall–Kier alpha value is -3.87. The van der Waals surface area contributed by atoms with Gasteiger partial charge in [0.2, 0.25) is 0 Å². The average molecular weight is 492 g/mol. The number of aromatic amines is 2. The van der Waals surface area contributed by atoms with Gasteiger partial charge in [0.25, 0.3) is 0 Å². The van der Waals surface area contributed by atoms with Crippen molar-refractivity contribution < 1.29 is 17.6 Å². The fourth-order valence-corrected chi connectivity index (χ4v) is 4.77. The second-order valence-corrected chi connectivity index (χ2v) is 9.14. The van der Waals surface area contributed by atoms with Crippen molar-refractivity contribution in [1.82, 2.24) is 15.0 Å². The molecule has 5 aromatic rings. The van der Waals surface area contributed by atoms with Gasteiger partial charge in [0.1, 0.15) is 17.5 Å². The first-order valence-corrected chi connectivity index (χ1v) is 11.9. The van der Waals surface area contributed by atoms with Crippen LogP contribution in [-0.2, 0) is 19.3 Å². The third kappa shape index (κ3) is 4.53. The molecule has 36 heavy (non-hydrogen) atoms. The maximum atomic E-state index is 14.9. The molecule has 2 aromatic heterocycles. The highest BCUT2D eigenvalue weighted by molar-refractivity contribution is 5.85. The standard InChI is InChI=1S/C29H25F4N3/c1-3-4-17-9-19(11-20(30)10-17)12-21-15-35-29(36-21)24-14-18(5-6-25(24)31)13-23-16(2)22-7-8-34-28(22)27(33)26(23)32/h5-11,14-15,34H,3-4,12-13H2,1-2H3,(H,35,36). The second-order valence-electron chi connectivity index (χ2n) is 9.14. The molecule has 2 heterocycles. The van der Waals surface area contributed by atoms with Crippen molar-refractivity contribution in [3.63, 3.8) is 0 Å². The number of rotatable bonds is 7. The van der Waals surface area contributed by atoms with Crippen LogP contribution in [0.1, 0.15) is 46.9 Å². The van der Waals surface area contributed by atoms with E-state index in [1.807, 2.05) is 13.0 Å². The van der Waals surface area contributed by atoms with E-state index < -0.39 is 17.5 Å². The van der Waals surface area contributed by atoms with Crippen LogP contribution in [0.5, 0.6) is 0 Å². The summed E-state index contributed by atoms with van der Waals surface area (Å²) in [5, 5.41) is 0.612. The van der Waals surface area contributed by atoms with Crippen LogP contribution in [0.4, 0.5) is 17.6 Å². The lowest BCUT2D eigenvalue weighted by molar-refractivity contribution is 0.506. The molecule has 7 heteroatoms. The van der Waals surface area contributed by atoms with Gasteiger partial charge in [-0.25, -0.2) is 22.5 Å². The largest absolute Gasteiger partial charge is 0.359 e. The fourth-order valence-electron chi connectivity index (χ4n) is 4.77. The van der Waals surface area contributed by atoms with E-state index in [0.29, 0.717) is 34.5 Å². The zero-order chi connectivity index (χ0) is 25.4. The van der Waals surface area contributed by atoms with Gasteiger partial charge in [-0.1, -0.05) is 25.5 Å². The van der Waals surface area contributed by atoms with Gasteiger partial charge in [0.15, 0.2) is 11.6 Å². The summed E-state index contributed by atoms with van der Waals surface area (Å²) in [5.41, 5.74) is 4.29. The predicted octanol–water partition coefficient (Wildman–Crippen LogP) is 7.56. The van der Waals surface area contributed by atoms with E-state index in [2.05, 4.69) is 15.0 Å². The molecule has 5 rings (SSSR count). The van der Waals surface area contributed by atoms with Gasteiger partial charge in [0.05, 0.1) is 11.1 Å². The van der Waals surface area contributed by atoms with Crippen molar-refractivity contribution in [2.45, 2.75) is 39.5 Å². The molecular weight excluding hydrogens is 466 g/mol. The molecule has 0 bridgehead atoms. The highest BCUT2D eigenvalue weighted by atomic mass is 19.2. The topological polar surface area (TPSA) is 44.5 Å². The molecule has 0 fully saturated rings. The number of aryl methyl sites for hydroxylation is 2. The monoisotopic (exact) mass is 491 g/mol. The Morgan fingerprint density at radius 1 is 0.861 bits per heavy atom. The lowest BCUT2D eigenvalue weighted by Crippen LogP contribution is -2.02. The Kier molecular flexibility index (Phi) is 6.39. The summed E-state index contributed by atoms with van der Waals surface area (Å²) in [6.07, 6.45) is 5.40. The first kappa shape index (κ1) is 23.9. The lowest BCUT2D eigenvalue weighted by Gasteiger charge is -2.11. The van der Waals surface area contributed by atoms with Crippen LogP contribution in [-0.4, -0.2) is 15.0 Å². The van der Waals surface area contributed by atoms with Gasteiger partial charge in [-0.3, -0.25) is 0 Å². The molecule has 0 saturated heterocycles. The van der Waals surface area contributed by atoms with Gasteiger partial charge >= 0.3 is 0 Å². The molecule has 0 aliphatic heterocycles. The van der Waals surface area contributed by atoms with Crippen LogP contribution < -0.4 is 0 Å². The molecule has 0 aliphatic rings. The molecule has 3 nitrogen and oxygen atoms in total. The van der Waals surface area contributed by atoms with Crippen molar-refractivity contribution in [3.05, 3.63) is 112 Å². The number of halogens is 4. The number of imidazole rings is 1. The van der Waals surface area contributed by atoms with Crippen LogP contribution in [0, 0.1) is 30.2 Å². The Balaban J connectivity index is 1.43. The van der Waals surface area contributed by atoms with Crippen LogP contribution in [0.15, 0.2) is 54.9 Å². The SMILES string of the molecule is CCCc1cc(F)cc(Cc2cnc(-c3cc(Cc4c(F)c(F)c5[nH]ccc5c4C)ccc3F)[nH]2)c1. The number of nitrogens with zero attached hydrogens (tertiary/aromatic N) is 1. The van der Waals surface area contributed by atoms with Gasteiger partial charge in [0, 0.05) is 36.3 Å². The molecule has 0 unspecified atom stereocenters. The molecular formula is C29H25F4N3. The molecule has 0 amide bonds.